The lowest BCUT2D eigenvalue weighted by atomic mass is 9.96. The molecule has 25 heavy (non-hydrogen) atoms. The van der Waals surface area contributed by atoms with Gasteiger partial charge < -0.3 is 15.5 Å². The highest BCUT2D eigenvalue weighted by Crippen LogP contribution is 2.25. The molecule has 0 bridgehead atoms. The molecule has 2 unspecified atom stereocenters. The van der Waals surface area contributed by atoms with Crippen molar-refractivity contribution in [2.45, 2.75) is 25.3 Å². The number of carbonyl (C=O) groups excluding carboxylic acids is 2. The highest BCUT2D eigenvalue weighted by atomic mass is 35.5. The van der Waals surface area contributed by atoms with E-state index in [9.17, 15) is 9.59 Å². The molecule has 2 fully saturated rings. The van der Waals surface area contributed by atoms with Crippen LogP contribution in [0.2, 0.25) is 10.0 Å². The van der Waals surface area contributed by atoms with Gasteiger partial charge in [-0.25, -0.2) is 0 Å². The summed E-state index contributed by atoms with van der Waals surface area (Å²) in [6.07, 6.45) is 2.61. The first-order valence-corrected chi connectivity index (χ1v) is 9.05. The summed E-state index contributed by atoms with van der Waals surface area (Å²) in [6.45, 7) is 2.88. The molecule has 2 amide bonds. The van der Waals surface area contributed by atoms with Crippen molar-refractivity contribution in [1.82, 2.24) is 15.5 Å². The summed E-state index contributed by atoms with van der Waals surface area (Å²) in [7, 11) is 0. The maximum absolute atomic E-state index is 12.7. The largest absolute Gasteiger partial charge is 0.352 e. The lowest BCUT2D eigenvalue weighted by Gasteiger charge is -2.32. The van der Waals surface area contributed by atoms with E-state index in [1.54, 1.807) is 23.1 Å². The van der Waals surface area contributed by atoms with E-state index < -0.39 is 0 Å². The highest BCUT2D eigenvalue weighted by Gasteiger charge is 2.30. The Kier molecular flexibility index (Phi) is 7.37. The minimum absolute atomic E-state index is 0. The molecule has 2 atom stereocenters. The predicted octanol–water partition coefficient (Wildman–Crippen LogP) is 2.75. The van der Waals surface area contributed by atoms with E-state index in [0.29, 0.717) is 28.7 Å². The van der Waals surface area contributed by atoms with Crippen LogP contribution in [0.15, 0.2) is 18.2 Å². The number of piperidine rings is 1. The molecule has 1 aromatic carbocycles. The highest BCUT2D eigenvalue weighted by molar-refractivity contribution is 6.42. The molecular formula is C17H22Cl3N3O2. The molecule has 0 aliphatic carbocycles. The molecule has 8 heteroatoms. The number of nitrogens with one attached hydrogen (secondary N) is 2. The molecule has 0 radical (unpaired) electrons. The Morgan fingerprint density at radius 2 is 2.00 bits per heavy atom. The molecule has 0 spiro atoms. The zero-order valence-corrected chi connectivity index (χ0v) is 16.1. The minimum Gasteiger partial charge on any atom is -0.352 e. The average Bonchev–Trinajstić information content (AvgIpc) is 3.10. The first kappa shape index (κ1) is 20.3. The number of hydrogen-bond acceptors (Lipinski definition) is 3. The van der Waals surface area contributed by atoms with Gasteiger partial charge in [0.15, 0.2) is 0 Å². The Hall–Kier alpha value is -1.01. The number of rotatable bonds is 3. The summed E-state index contributed by atoms with van der Waals surface area (Å²) in [4.78, 5) is 26.8. The van der Waals surface area contributed by atoms with Gasteiger partial charge in [0.25, 0.3) is 5.91 Å². The van der Waals surface area contributed by atoms with Gasteiger partial charge in [-0.2, -0.15) is 0 Å². The number of likely N-dealkylation sites (tertiary alicyclic amines) is 1. The van der Waals surface area contributed by atoms with Crippen LogP contribution in [0.1, 0.15) is 29.6 Å². The van der Waals surface area contributed by atoms with Crippen molar-refractivity contribution in [3.8, 4) is 0 Å². The van der Waals surface area contributed by atoms with E-state index in [4.69, 9.17) is 23.2 Å². The van der Waals surface area contributed by atoms with Crippen LogP contribution in [0.4, 0.5) is 0 Å². The maximum atomic E-state index is 12.7. The number of benzene rings is 1. The fourth-order valence-electron chi connectivity index (χ4n) is 3.28. The van der Waals surface area contributed by atoms with Crippen molar-refractivity contribution in [3.63, 3.8) is 0 Å². The van der Waals surface area contributed by atoms with Gasteiger partial charge in [0, 0.05) is 31.2 Å². The molecule has 0 saturated carbocycles. The van der Waals surface area contributed by atoms with Crippen LogP contribution >= 0.6 is 35.6 Å². The van der Waals surface area contributed by atoms with Crippen LogP contribution in [-0.4, -0.2) is 48.9 Å². The fourth-order valence-corrected chi connectivity index (χ4v) is 3.58. The summed E-state index contributed by atoms with van der Waals surface area (Å²) in [5.41, 5.74) is 0.505. The summed E-state index contributed by atoms with van der Waals surface area (Å²) >= 11 is 11.9. The van der Waals surface area contributed by atoms with Crippen LogP contribution in [0.5, 0.6) is 0 Å². The average molecular weight is 407 g/mol. The molecular weight excluding hydrogens is 385 g/mol. The van der Waals surface area contributed by atoms with Crippen LogP contribution in [-0.2, 0) is 4.79 Å². The van der Waals surface area contributed by atoms with Crippen molar-refractivity contribution in [2.24, 2.45) is 5.92 Å². The summed E-state index contributed by atoms with van der Waals surface area (Å²) < 4.78 is 0. The van der Waals surface area contributed by atoms with E-state index in [1.807, 2.05) is 0 Å². The van der Waals surface area contributed by atoms with Gasteiger partial charge in [0.1, 0.15) is 0 Å². The Balaban J connectivity index is 0.00000225. The number of halogens is 3. The number of hydrogen-bond donors (Lipinski definition) is 2. The van der Waals surface area contributed by atoms with Crippen molar-refractivity contribution in [1.29, 1.82) is 0 Å². The molecule has 2 saturated heterocycles. The topological polar surface area (TPSA) is 61.4 Å². The Labute approximate surface area is 163 Å². The van der Waals surface area contributed by atoms with Crippen molar-refractivity contribution < 1.29 is 9.59 Å². The van der Waals surface area contributed by atoms with E-state index in [2.05, 4.69) is 10.6 Å². The zero-order chi connectivity index (χ0) is 17.1. The van der Waals surface area contributed by atoms with Crippen LogP contribution < -0.4 is 10.6 Å². The quantitative estimate of drug-likeness (QED) is 0.811. The van der Waals surface area contributed by atoms with Gasteiger partial charge in [0.2, 0.25) is 5.91 Å². The van der Waals surface area contributed by atoms with Crippen LogP contribution in [0.25, 0.3) is 0 Å². The number of amides is 2. The smallest absolute Gasteiger partial charge is 0.253 e. The third-order valence-corrected chi connectivity index (χ3v) is 5.39. The molecule has 3 rings (SSSR count). The first-order valence-electron chi connectivity index (χ1n) is 8.30. The molecule has 5 nitrogen and oxygen atoms in total. The van der Waals surface area contributed by atoms with Crippen LogP contribution in [0.3, 0.4) is 0 Å². The Bertz CT molecular complexity index is 636. The summed E-state index contributed by atoms with van der Waals surface area (Å²) in [5, 5.41) is 7.11. The molecule has 1 aromatic rings. The second kappa shape index (κ2) is 9.08. The monoisotopic (exact) mass is 405 g/mol. The van der Waals surface area contributed by atoms with E-state index in [-0.39, 0.29) is 36.2 Å². The minimum atomic E-state index is -0.147. The molecule has 138 valence electrons. The lowest BCUT2D eigenvalue weighted by Crippen LogP contribution is -2.48. The van der Waals surface area contributed by atoms with Gasteiger partial charge in [-0.05, 0) is 44.0 Å². The standard InChI is InChI=1S/C17H21Cl2N3O2.ClH/c18-14-4-3-11(8-15(14)19)17(24)22-7-1-2-12(10-22)16(23)21-13-5-6-20-9-13;/h3-4,8,12-13,20H,1-2,5-7,9-10H2,(H,21,23);1H. The SMILES string of the molecule is Cl.O=C(NC1CCNC1)C1CCCN(C(=O)c2ccc(Cl)c(Cl)c2)C1. The van der Waals surface area contributed by atoms with Crippen molar-refractivity contribution >= 4 is 47.4 Å². The van der Waals surface area contributed by atoms with E-state index in [0.717, 1.165) is 32.4 Å². The van der Waals surface area contributed by atoms with Gasteiger partial charge in [0.05, 0.1) is 16.0 Å². The van der Waals surface area contributed by atoms with Gasteiger partial charge in [-0.15, -0.1) is 12.4 Å². The van der Waals surface area contributed by atoms with E-state index in [1.165, 1.54) is 0 Å². The predicted molar refractivity (Wildman–Crippen MR) is 102 cm³/mol. The lowest BCUT2D eigenvalue weighted by molar-refractivity contribution is -0.126. The van der Waals surface area contributed by atoms with Crippen LogP contribution in [0, 0.1) is 5.92 Å². The maximum Gasteiger partial charge on any atom is 0.253 e. The fraction of sp³-hybridized carbons (Fsp3) is 0.529. The Morgan fingerprint density at radius 1 is 1.20 bits per heavy atom. The van der Waals surface area contributed by atoms with Gasteiger partial charge in [-0.1, -0.05) is 23.2 Å². The molecule has 2 aliphatic heterocycles. The van der Waals surface area contributed by atoms with Crippen molar-refractivity contribution in [2.75, 3.05) is 26.2 Å². The second-order valence-corrected chi connectivity index (χ2v) is 7.23. The zero-order valence-electron chi connectivity index (χ0n) is 13.8. The Morgan fingerprint density at radius 3 is 2.68 bits per heavy atom. The third-order valence-electron chi connectivity index (χ3n) is 4.65. The molecule has 0 aromatic heterocycles. The van der Waals surface area contributed by atoms with Crippen molar-refractivity contribution in [3.05, 3.63) is 33.8 Å². The second-order valence-electron chi connectivity index (χ2n) is 6.42. The van der Waals surface area contributed by atoms with Gasteiger partial charge in [-0.3, -0.25) is 9.59 Å². The normalized spacial score (nSPS) is 23.0. The number of carbonyl (C=O) groups is 2. The molecule has 2 heterocycles. The third kappa shape index (κ3) is 5.00. The van der Waals surface area contributed by atoms with Gasteiger partial charge >= 0.3 is 0 Å². The summed E-state index contributed by atoms with van der Waals surface area (Å²) in [6, 6.07) is 5.08. The molecule has 2 aliphatic rings. The summed E-state index contributed by atoms with van der Waals surface area (Å²) in [5.74, 6) is -0.199. The molecule has 2 N–H and O–H groups in total. The van der Waals surface area contributed by atoms with E-state index >= 15 is 0 Å². The number of nitrogens with zero attached hydrogens (tertiary/aromatic N) is 1. The first-order chi connectivity index (χ1) is 11.5.